The van der Waals surface area contributed by atoms with Crippen LogP contribution in [-0.2, 0) is 15.1 Å². The van der Waals surface area contributed by atoms with E-state index in [-0.39, 0.29) is 0 Å². The highest BCUT2D eigenvalue weighted by molar-refractivity contribution is 5.85. The zero-order valence-electron chi connectivity index (χ0n) is 15.2. The minimum atomic E-state index is -1.79. The molecule has 2 unspecified atom stereocenters. The number of hydrogen-bond donors (Lipinski definition) is 2. The van der Waals surface area contributed by atoms with E-state index in [1.54, 1.807) is 12.1 Å². The minimum absolute atomic E-state index is 0.385. The Bertz CT molecular complexity index is 776. The highest BCUT2D eigenvalue weighted by Crippen LogP contribution is 2.48. The largest absolute Gasteiger partial charge is 0.463 e. The lowest BCUT2D eigenvalue weighted by Crippen LogP contribution is -2.39. The summed E-state index contributed by atoms with van der Waals surface area (Å²) in [6.07, 6.45) is 0. The second-order valence-corrected chi connectivity index (χ2v) is 7.70. The maximum atomic E-state index is 13.1. The summed E-state index contributed by atoms with van der Waals surface area (Å²) in [6.45, 7) is 6.30. The van der Waals surface area contributed by atoms with E-state index in [0.29, 0.717) is 35.5 Å². The average Bonchev–Trinajstić information content (AvgIpc) is 3.06. The Kier molecular flexibility index (Phi) is 4.33. The van der Waals surface area contributed by atoms with Gasteiger partial charge in [-0.2, -0.15) is 0 Å². The zero-order valence-corrected chi connectivity index (χ0v) is 15.2. The topological polar surface area (TPSA) is 58.6 Å². The van der Waals surface area contributed by atoms with Crippen molar-refractivity contribution in [1.82, 2.24) is 5.32 Å². The third kappa shape index (κ3) is 2.93. The van der Waals surface area contributed by atoms with E-state index in [2.05, 4.69) is 5.32 Å². The summed E-state index contributed by atoms with van der Waals surface area (Å²) in [5.41, 5.74) is 1.28. The van der Waals surface area contributed by atoms with Gasteiger partial charge in [0.2, 0.25) is 5.60 Å². The lowest BCUT2D eigenvalue weighted by atomic mass is 9.85. The summed E-state index contributed by atoms with van der Waals surface area (Å²) in [5, 5.41) is 14.9. The smallest absolute Gasteiger partial charge is 0.347 e. The molecule has 1 aliphatic heterocycles. The number of aliphatic hydroxyl groups is 1. The molecule has 0 spiro atoms. The fraction of sp³-hybridized carbons (Fsp3) is 0.409. The van der Waals surface area contributed by atoms with Crippen molar-refractivity contribution in [2.24, 2.45) is 17.8 Å². The number of aryl methyl sites for hydroxylation is 2. The van der Waals surface area contributed by atoms with Gasteiger partial charge >= 0.3 is 5.97 Å². The first kappa shape index (κ1) is 17.3. The Hall–Kier alpha value is -2.17. The van der Waals surface area contributed by atoms with Gasteiger partial charge in [0, 0.05) is 5.92 Å². The molecule has 1 saturated heterocycles. The first-order valence-electron chi connectivity index (χ1n) is 9.25. The molecule has 0 radical (unpaired) electrons. The Labute approximate surface area is 154 Å². The molecular weight excluding hydrogens is 326 g/mol. The number of esters is 1. The van der Waals surface area contributed by atoms with Crippen LogP contribution >= 0.6 is 0 Å². The fourth-order valence-electron chi connectivity index (χ4n) is 4.21. The van der Waals surface area contributed by atoms with Crippen molar-refractivity contribution in [3.05, 3.63) is 70.8 Å². The van der Waals surface area contributed by atoms with Crippen LogP contribution in [0.4, 0.5) is 0 Å². The predicted molar refractivity (Wildman–Crippen MR) is 99.7 cm³/mol. The zero-order chi connectivity index (χ0) is 18.3. The van der Waals surface area contributed by atoms with Gasteiger partial charge in [0.1, 0.15) is 0 Å². The molecule has 2 aromatic rings. The Morgan fingerprint density at radius 1 is 1.08 bits per heavy atom. The van der Waals surface area contributed by atoms with Gasteiger partial charge in [0.05, 0.1) is 6.61 Å². The number of nitrogens with one attached hydrogen (secondary N) is 1. The molecule has 4 nitrogen and oxygen atoms in total. The summed E-state index contributed by atoms with van der Waals surface area (Å²) in [7, 11) is 0. The maximum absolute atomic E-state index is 13.1. The van der Waals surface area contributed by atoms with Crippen LogP contribution in [-0.4, -0.2) is 30.8 Å². The molecule has 136 valence electrons. The third-order valence-electron chi connectivity index (χ3n) is 5.84. The van der Waals surface area contributed by atoms with E-state index >= 15 is 0 Å². The van der Waals surface area contributed by atoms with E-state index in [4.69, 9.17) is 4.74 Å². The van der Waals surface area contributed by atoms with Crippen LogP contribution in [0.3, 0.4) is 0 Å². The quantitative estimate of drug-likeness (QED) is 0.813. The number of hydrogen-bond acceptors (Lipinski definition) is 4. The van der Waals surface area contributed by atoms with Crippen molar-refractivity contribution in [1.29, 1.82) is 0 Å². The first-order chi connectivity index (χ1) is 12.5. The molecule has 0 bridgehead atoms. The number of piperidine rings is 1. The second-order valence-electron chi connectivity index (χ2n) is 7.70. The van der Waals surface area contributed by atoms with Crippen molar-refractivity contribution in [2.75, 3.05) is 19.7 Å². The summed E-state index contributed by atoms with van der Waals surface area (Å²) in [4.78, 5) is 13.1. The molecule has 2 aromatic carbocycles. The molecule has 1 aliphatic carbocycles. The van der Waals surface area contributed by atoms with E-state index in [0.717, 1.165) is 24.2 Å². The second kappa shape index (κ2) is 6.53. The van der Waals surface area contributed by atoms with Gasteiger partial charge in [0.15, 0.2) is 0 Å². The van der Waals surface area contributed by atoms with E-state index < -0.39 is 11.6 Å². The molecule has 1 heterocycles. The van der Waals surface area contributed by atoms with Crippen molar-refractivity contribution in [3.8, 4) is 0 Å². The van der Waals surface area contributed by atoms with Gasteiger partial charge in [-0.25, -0.2) is 4.79 Å². The molecule has 1 saturated carbocycles. The highest BCUT2D eigenvalue weighted by atomic mass is 16.5. The Morgan fingerprint density at radius 3 is 2.12 bits per heavy atom. The van der Waals surface area contributed by atoms with Gasteiger partial charge < -0.3 is 15.2 Å². The van der Waals surface area contributed by atoms with Crippen LogP contribution < -0.4 is 5.32 Å². The van der Waals surface area contributed by atoms with Gasteiger partial charge in [0.25, 0.3) is 0 Å². The van der Waals surface area contributed by atoms with Crippen LogP contribution in [0.1, 0.15) is 22.3 Å². The maximum Gasteiger partial charge on any atom is 0.347 e. The molecular formula is C22H25NO3. The van der Waals surface area contributed by atoms with Gasteiger partial charge in [-0.1, -0.05) is 59.7 Å². The number of benzene rings is 2. The highest BCUT2D eigenvalue weighted by Gasteiger charge is 2.54. The van der Waals surface area contributed by atoms with Crippen LogP contribution in [0, 0.1) is 31.6 Å². The van der Waals surface area contributed by atoms with E-state index in [1.165, 1.54) is 0 Å². The van der Waals surface area contributed by atoms with Crippen molar-refractivity contribution >= 4 is 5.97 Å². The normalized spacial score (nSPS) is 24.2. The van der Waals surface area contributed by atoms with E-state index in [9.17, 15) is 9.90 Å². The number of ether oxygens (including phenoxy) is 1. The fourth-order valence-corrected chi connectivity index (χ4v) is 4.21. The molecule has 2 fully saturated rings. The Balaban J connectivity index is 1.62. The lowest BCUT2D eigenvalue weighted by molar-refractivity contribution is -0.163. The molecule has 0 amide bonds. The lowest BCUT2D eigenvalue weighted by Gasteiger charge is -2.28. The van der Waals surface area contributed by atoms with Crippen molar-refractivity contribution in [2.45, 2.75) is 19.4 Å². The summed E-state index contributed by atoms with van der Waals surface area (Å²) in [6, 6.07) is 14.9. The molecule has 26 heavy (non-hydrogen) atoms. The summed E-state index contributed by atoms with van der Waals surface area (Å²) in [5.74, 6) is 1.08. The van der Waals surface area contributed by atoms with E-state index in [1.807, 2.05) is 50.2 Å². The number of carbonyl (C=O) groups is 1. The van der Waals surface area contributed by atoms with Crippen molar-refractivity contribution < 1.29 is 14.6 Å². The van der Waals surface area contributed by atoms with Crippen molar-refractivity contribution in [3.63, 3.8) is 0 Å². The van der Waals surface area contributed by atoms with Gasteiger partial charge in [-0.05, 0) is 49.9 Å². The molecule has 2 aliphatic rings. The Morgan fingerprint density at radius 2 is 1.62 bits per heavy atom. The standard InChI is InChI=1S/C22H25NO3/c1-14-5-3-7-16(9-14)22(25,17-8-4-6-15(2)10-17)21(24)26-13-20-18-11-23-12-19(18)20/h3-10,18-20,23,25H,11-13H2,1-2H3. The molecule has 2 N–H and O–H groups in total. The SMILES string of the molecule is Cc1cccc(C(O)(C(=O)OCC2C3CNCC32)c2cccc(C)c2)c1. The summed E-state index contributed by atoms with van der Waals surface area (Å²) < 4.78 is 5.64. The molecule has 4 heteroatoms. The van der Waals surface area contributed by atoms with Crippen LogP contribution in [0.25, 0.3) is 0 Å². The number of rotatable bonds is 5. The van der Waals surface area contributed by atoms with Gasteiger partial charge in [-0.3, -0.25) is 0 Å². The average molecular weight is 351 g/mol. The van der Waals surface area contributed by atoms with Gasteiger partial charge in [-0.15, -0.1) is 0 Å². The summed E-state index contributed by atoms with van der Waals surface area (Å²) >= 11 is 0. The molecule has 2 atom stereocenters. The van der Waals surface area contributed by atoms with Crippen LogP contribution in [0.2, 0.25) is 0 Å². The monoisotopic (exact) mass is 351 g/mol. The molecule has 0 aromatic heterocycles. The minimum Gasteiger partial charge on any atom is -0.463 e. The third-order valence-corrected chi connectivity index (χ3v) is 5.84. The number of carbonyl (C=O) groups excluding carboxylic acids is 1. The predicted octanol–water partition coefficient (Wildman–Crippen LogP) is 2.55. The first-order valence-corrected chi connectivity index (χ1v) is 9.25. The van der Waals surface area contributed by atoms with Crippen LogP contribution in [0.15, 0.2) is 48.5 Å². The molecule has 4 rings (SSSR count). The number of fused-ring (bicyclic) bond motifs is 1. The van der Waals surface area contributed by atoms with Crippen LogP contribution in [0.5, 0.6) is 0 Å².